The Morgan fingerprint density at radius 2 is 1.52 bits per heavy atom. The molecule has 320 valence electrons. The maximum atomic E-state index is 14.4. The predicted molar refractivity (Wildman–Crippen MR) is 227 cm³/mol. The van der Waals surface area contributed by atoms with Gasteiger partial charge in [-0.3, -0.25) is 14.4 Å². The number of fused-ring (bicyclic) bond motifs is 7. The molecule has 1 N–H and O–H groups in total. The quantitative estimate of drug-likeness (QED) is 0.0724. The van der Waals surface area contributed by atoms with Gasteiger partial charge in [-0.15, -0.1) is 0 Å². The van der Waals surface area contributed by atoms with Gasteiger partial charge in [-0.25, -0.2) is 4.79 Å². The molecule has 1 aromatic rings. The number of ether oxygens (including phenoxy) is 3. The number of esters is 3. The minimum Gasteiger partial charge on any atom is -0.481 e. The fraction of sp³-hybridized carbons (Fsp3) is 0.714. The molecule has 58 heavy (non-hydrogen) atoms. The molecule has 5 aliphatic rings. The van der Waals surface area contributed by atoms with Crippen molar-refractivity contribution in [3.05, 3.63) is 48.1 Å². The lowest BCUT2D eigenvalue weighted by Crippen LogP contribution is -2.67. The van der Waals surface area contributed by atoms with Gasteiger partial charge in [0.05, 0.1) is 17.3 Å². The van der Waals surface area contributed by atoms with Crippen LogP contribution in [0.3, 0.4) is 0 Å². The largest absolute Gasteiger partial charge is 0.481 e. The van der Waals surface area contributed by atoms with Crippen LogP contribution in [0.5, 0.6) is 0 Å². The summed E-state index contributed by atoms with van der Waals surface area (Å²) in [5, 5.41) is 9.62. The predicted octanol–water partition coefficient (Wildman–Crippen LogP) is 9.92. The molecule has 9 heteroatoms. The topological polar surface area (TPSA) is 119 Å². The SMILES string of the molecule is C=C(C)[C@@H]1CC[C@]2(C(=O)OCCOC(=O)/C=C/c3ccc(N(C)C)cc3)CC[C@]3(C)[C@H](CC[C@@H]4[C@@]5(C)CC[C@H](OC(=O)CC(C)(C)C(=O)O)C(C)(C)[C@@H]5CC[C@]43C)[C@@H]12. The minimum absolute atomic E-state index is 0.0104. The van der Waals surface area contributed by atoms with Crippen molar-refractivity contribution >= 4 is 35.6 Å². The van der Waals surface area contributed by atoms with E-state index < -0.39 is 28.7 Å². The molecule has 5 aliphatic carbocycles. The van der Waals surface area contributed by atoms with Crippen molar-refractivity contribution in [3.8, 4) is 0 Å². The van der Waals surface area contributed by atoms with Gasteiger partial charge in [-0.1, -0.05) is 58.9 Å². The lowest BCUT2D eigenvalue weighted by Gasteiger charge is -2.72. The fourth-order valence-electron chi connectivity index (χ4n) is 13.8. The second kappa shape index (κ2) is 15.8. The first-order valence-corrected chi connectivity index (χ1v) is 21.9. The number of carboxylic acid groups (broad SMARTS) is 1. The van der Waals surface area contributed by atoms with E-state index in [1.54, 1.807) is 19.9 Å². The third-order valence-electron chi connectivity index (χ3n) is 17.2. The number of hydrogen-bond donors (Lipinski definition) is 1. The Balaban J connectivity index is 1.14. The number of benzene rings is 1. The Hall–Kier alpha value is -3.62. The molecule has 0 spiro atoms. The number of allylic oxidation sites excluding steroid dienone is 1. The highest BCUT2D eigenvalue weighted by molar-refractivity contribution is 5.87. The number of carboxylic acids is 1. The number of carbonyl (C=O) groups is 4. The first-order valence-electron chi connectivity index (χ1n) is 21.9. The highest BCUT2D eigenvalue weighted by Gasteiger charge is 2.72. The number of anilines is 1. The standard InChI is InChI=1S/C49H71NO8/c1-31(2)34-20-25-49(43(55)57-29-28-56-39(51)19-14-32-12-15-33(16-13-32)50(10)11)27-26-47(8)35(41(34)49)17-18-37-46(7)23-22-38(58-40(52)30-44(3,4)42(53)54)45(5,6)36(46)21-24-48(37,47)9/h12-16,19,34-38,41H,1,17-18,20-30H2,2-11H3,(H,53,54)/b19-14+/t34-,35+,36-,37+,38-,41+,46-,47+,48+,49-/m0/s1. The van der Waals surface area contributed by atoms with Crippen molar-refractivity contribution in [2.75, 3.05) is 32.2 Å². The fourth-order valence-corrected chi connectivity index (χ4v) is 13.8. The van der Waals surface area contributed by atoms with Crippen LogP contribution in [0.2, 0.25) is 0 Å². The van der Waals surface area contributed by atoms with Crippen molar-refractivity contribution < 1.29 is 38.5 Å². The molecule has 0 aliphatic heterocycles. The van der Waals surface area contributed by atoms with Crippen LogP contribution in [0, 0.1) is 62.1 Å². The third-order valence-corrected chi connectivity index (χ3v) is 17.2. The Kier molecular flexibility index (Phi) is 11.9. The monoisotopic (exact) mass is 802 g/mol. The summed E-state index contributed by atoms with van der Waals surface area (Å²) in [6, 6.07) is 7.89. The van der Waals surface area contributed by atoms with Crippen LogP contribution in [0.15, 0.2) is 42.5 Å². The van der Waals surface area contributed by atoms with Gasteiger partial charge < -0.3 is 24.2 Å². The van der Waals surface area contributed by atoms with E-state index >= 15 is 0 Å². The average Bonchev–Trinajstić information content (AvgIpc) is 3.55. The van der Waals surface area contributed by atoms with Gasteiger partial charge in [0.2, 0.25) is 0 Å². The zero-order valence-corrected chi connectivity index (χ0v) is 37.1. The summed E-state index contributed by atoms with van der Waals surface area (Å²) in [6.07, 6.45) is 12.3. The molecule has 5 fully saturated rings. The summed E-state index contributed by atoms with van der Waals surface area (Å²) in [4.78, 5) is 53.8. The van der Waals surface area contributed by atoms with Gasteiger partial charge >= 0.3 is 23.9 Å². The van der Waals surface area contributed by atoms with Crippen LogP contribution in [-0.2, 0) is 33.4 Å². The van der Waals surface area contributed by atoms with Gasteiger partial charge in [-0.2, -0.15) is 0 Å². The summed E-state index contributed by atoms with van der Waals surface area (Å²) in [5.74, 6) is -0.393. The van der Waals surface area contributed by atoms with E-state index in [1.165, 1.54) is 6.08 Å². The Morgan fingerprint density at radius 1 is 0.845 bits per heavy atom. The Labute approximate surface area is 347 Å². The first-order chi connectivity index (χ1) is 27.0. The maximum Gasteiger partial charge on any atom is 0.330 e. The van der Waals surface area contributed by atoms with Crippen molar-refractivity contribution in [1.82, 2.24) is 0 Å². The van der Waals surface area contributed by atoms with E-state index in [4.69, 9.17) is 14.2 Å². The minimum atomic E-state index is -1.17. The van der Waals surface area contributed by atoms with Crippen molar-refractivity contribution in [3.63, 3.8) is 0 Å². The van der Waals surface area contributed by atoms with Crippen LogP contribution in [0.25, 0.3) is 6.08 Å². The summed E-state index contributed by atoms with van der Waals surface area (Å²) < 4.78 is 17.7. The number of nitrogens with zero attached hydrogens (tertiary/aromatic N) is 1. The van der Waals surface area contributed by atoms with Crippen LogP contribution in [0.1, 0.15) is 132 Å². The van der Waals surface area contributed by atoms with Gasteiger partial charge in [0, 0.05) is 31.3 Å². The molecular formula is C49H71NO8. The smallest absolute Gasteiger partial charge is 0.330 e. The molecule has 0 radical (unpaired) electrons. The molecule has 0 saturated heterocycles. The van der Waals surface area contributed by atoms with Crippen molar-refractivity contribution in [2.45, 2.75) is 132 Å². The molecule has 0 amide bonds. The van der Waals surface area contributed by atoms with Crippen LogP contribution >= 0.6 is 0 Å². The Bertz CT molecular complexity index is 1790. The lowest BCUT2D eigenvalue weighted by atomic mass is 9.32. The molecule has 6 rings (SSSR count). The van der Waals surface area contributed by atoms with E-state index in [2.05, 4.69) is 48.1 Å². The first kappa shape index (κ1) is 43.9. The number of hydrogen-bond acceptors (Lipinski definition) is 8. The second-order valence-corrected chi connectivity index (χ2v) is 21.2. The van der Waals surface area contributed by atoms with Gasteiger partial charge in [0.1, 0.15) is 19.3 Å². The average molecular weight is 802 g/mol. The molecule has 5 saturated carbocycles. The van der Waals surface area contributed by atoms with Crippen LogP contribution in [-0.4, -0.2) is 62.4 Å². The number of carbonyl (C=O) groups excluding carboxylic acids is 3. The highest BCUT2D eigenvalue weighted by atomic mass is 16.6. The van der Waals surface area contributed by atoms with Crippen molar-refractivity contribution in [1.29, 1.82) is 0 Å². The van der Waals surface area contributed by atoms with Gasteiger partial charge in [0.25, 0.3) is 0 Å². The van der Waals surface area contributed by atoms with E-state index in [-0.39, 0.29) is 65.2 Å². The maximum absolute atomic E-state index is 14.4. The summed E-state index contributed by atoms with van der Waals surface area (Å²) in [7, 11) is 3.96. The normalized spacial score (nSPS) is 36.4. The molecule has 0 unspecified atom stereocenters. The van der Waals surface area contributed by atoms with E-state index in [1.807, 2.05) is 43.3 Å². The zero-order chi connectivity index (χ0) is 42.6. The van der Waals surface area contributed by atoms with E-state index in [0.29, 0.717) is 17.8 Å². The third kappa shape index (κ3) is 7.43. The van der Waals surface area contributed by atoms with Crippen LogP contribution in [0.4, 0.5) is 5.69 Å². The van der Waals surface area contributed by atoms with Crippen LogP contribution < -0.4 is 4.90 Å². The Morgan fingerprint density at radius 3 is 2.16 bits per heavy atom. The molecule has 1 aromatic carbocycles. The molecule has 0 aromatic heterocycles. The lowest BCUT2D eigenvalue weighted by molar-refractivity contribution is -0.251. The van der Waals surface area contributed by atoms with Gasteiger partial charge in [0.15, 0.2) is 0 Å². The van der Waals surface area contributed by atoms with E-state index in [9.17, 15) is 24.3 Å². The zero-order valence-electron chi connectivity index (χ0n) is 37.1. The molecule has 9 nitrogen and oxygen atoms in total. The molecular weight excluding hydrogens is 731 g/mol. The van der Waals surface area contributed by atoms with E-state index in [0.717, 1.165) is 81.0 Å². The molecule has 10 atom stereocenters. The summed E-state index contributed by atoms with van der Waals surface area (Å²) in [6.45, 7) is 22.0. The molecule has 0 heterocycles. The molecule has 0 bridgehead atoms. The summed E-state index contributed by atoms with van der Waals surface area (Å²) in [5.41, 5.74) is 1.31. The number of aliphatic carboxylic acids is 1. The van der Waals surface area contributed by atoms with Crippen molar-refractivity contribution in [2.24, 2.45) is 62.1 Å². The highest BCUT2D eigenvalue weighted by Crippen LogP contribution is 2.77. The van der Waals surface area contributed by atoms with Gasteiger partial charge in [-0.05, 0) is 155 Å². The summed E-state index contributed by atoms with van der Waals surface area (Å²) >= 11 is 0. The second-order valence-electron chi connectivity index (χ2n) is 21.2. The number of rotatable bonds is 12.